The van der Waals surface area contributed by atoms with Crippen LogP contribution in [0.25, 0.3) is 0 Å². The molecule has 0 aromatic rings. The molecule has 0 unspecified atom stereocenters. The van der Waals surface area contributed by atoms with Gasteiger partial charge in [0.2, 0.25) is 0 Å². The molecule has 1 N–H and O–H groups in total. The first-order valence-electron chi connectivity index (χ1n) is 5.43. The summed E-state index contributed by atoms with van der Waals surface area (Å²) in [4.78, 5) is 4.46. The van der Waals surface area contributed by atoms with Gasteiger partial charge in [0.1, 0.15) is 0 Å². The van der Waals surface area contributed by atoms with E-state index in [0.29, 0.717) is 11.3 Å². The molecule has 0 aromatic heterocycles. The third-order valence-corrected chi connectivity index (χ3v) is 4.09. The summed E-state index contributed by atoms with van der Waals surface area (Å²) < 4.78 is 0. The lowest BCUT2D eigenvalue weighted by atomic mass is 9.81. The Labute approximate surface area is 92.0 Å². The van der Waals surface area contributed by atoms with E-state index in [-0.39, 0.29) is 0 Å². The third kappa shape index (κ3) is 3.52. The summed E-state index contributed by atoms with van der Waals surface area (Å²) in [7, 11) is 0. The molecule has 82 valence electrons. The molecule has 1 aliphatic heterocycles. The number of thioether (sulfide) groups is 1. The predicted molar refractivity (Wildman–Crippen MR) is 66.0 cm³/mol. The van der Waals surface area contributed by atoms with E-state index in [2.05, 4.69) is 38.0 Å². The van der Waals surface area contributed by atoms with Crippen molar-refractivity contribution in [2.45, 2.75) is 34.1 Å². The Hall–Kier alpha value is -0.180. The van der Waals surface area contributed by atoms with Gasteiger partial charge >= 0.3 is 0 Å². The second-order valence-electron chi connectivity index (χ2n) is 4.89. The van der Waals surface area contributed by atoms with Gasteiger partial charge in [-0.1, -0.05) is 39.5 Å². The van der Waals surface area contributed by atoms with Crippen LogP contribution in [0.1, 0.15) is 34.1 Å². The second-order valence-corrected chi connectivity index (χ2v) is 5.97. The van der Waals surface area contributed by atoms with Crippen molar-refractivity contribution in [3.63, 3.8) is 0 Å². The largest absolute Gasteiger partial charge is 0.364 e. The highest BCUT2D eigenvalue weighted by Gasteiger charge is 2.22. The topological polar surface area (TPSA) is 24.4 Å². The van der Waals surface area contributed by atoms with Crippen molar-refractivity contribution < 1.29 is 0 Å². The fourth-order valence-corrected chi connectivity index (χ4v) is 1.90. The van der Waals surface area contributed by atoms with Crippen molar-refractivity contribution in [2.75, 3.05) is 18.8 Å². The van der Waals surface area contributed by atoms with Gasteiger partial charge in [0, 0.05) is 18.8 Å². The first kappa shape index (κ1) is 11.9. The molecule has 1 heterocycles. The Morgan fingerprint density at radius 3 is 2.71 bits per heavy atom. The number of hydrogen-bond acceptors (Lipinski definition) is 3. The zero-order chi connectivity index (χ0) is 10.6. The predicted octanol–water partition coefficient (Wildman–Crippen LogP) is 2.75. The van der Waals surface area contributed by atoms with Gasteiger partial charge in [-0.3, -0.25) is 4.99 Å². The van der Waals surface area contributed by atoms with Gasteiger partial charge in [-0.15, -0.1) is 0 Å². The molecule has 1 aliphatic rings. The van der Waals surface area contributed by atoms with Gasteiger partial charge in [0.15, 0.2) is 5.17 Å². The van der Waals surface area contributed by atoms with Crippen LogP contribution < -0.4 is 5.32 Å². The zero-order valence-electron chi connectivity index (χ0n) is 9.76. The second kappa shape index (κ2) is 5.06. The molecular formula is C11H22N2S. The third-order valence-electron chi connectivity index (χ3n) is 3.05. The van der Waals surface area contributed by atoms with Gasteiger partial charge in [-0.2, -0.15) is 0 Å². The maximum atomic E-state index is 4.46. The molecule has 0 aliphatic carbocycles. The van der Waals surface area contributed by atoms with E-state index < -0.39 is 0 Å². The molecule has 0 atom stereocenters. The quantitative estimate of drug-likeness (QED) is 0.781. The van der Waals surface area contributed by atoms with E-state index in [9.17, 15) is 0 Å². The molecule has 0 fully saturated rings. The molecule has 1 rings (SSSR count). The molecule has 0 bridgehead atoms. The van der Waals surface area contributed by atoms with Crippen LogP contribution in [-0.2, 0) is 0 Å². The van der Waals surface area contributed by atoms with Crippen molar-refractivity contribution in [3.05, 3.63) is 0 Å². The van der Waals surface area contributed by atoms with E-state index in [0.717, 1.165) is 18.3 Å². The van der Waals surface area contributed by atoms with E-state index in [1.54, 1.807) is 0 Å². The summed E-state index contributed by atoms with van der Waals surface area (Å²) in [5, 5.41) is 4.60. The minimum atomic E-state index is 0.348. The average molecular weight is 214 g/mol. The molecule has 0 saturated carbocycles. The van der Waals surface area contributed by atoms with Gasteiger partial charge in [0.25, 0.3) is 0 Å². The zero-order valence-corrected chi connectivity index (χ0v) is 10.6. The van der Waals surface area contributed by atoms with Crippen LogP contribution in [0.3, 0.4) is 0 Å². The summed E-state index contributed by atoms with van der Waals surface area (Å²) in [6, 6.07) is 0. The number of rotatable bonds is 3. The number of nitrogens with zero attached hydrogens (tertiary/aromatic N) is 1. The van der Waals surface area contributed by atoms with Crippen LogP contribution >= 0.6 is 11.8 Å². The summed E-state index contributed by atoms with van der Waals surface area (Å²) >= 11 is 1.85. The first-order valence-corrected chi connectivity index (χ1v) is 6.42. The standard InChI is InChI=1S/C11H22N2S/c1-9(2)11(3,4)8-13-10-12-6-5-7-14-10/h9H,5-8H2,1-4H3,(H,12,13). The SMILES string of the molecule is CC(C)C(C)(C)CNC1=NCCCS1. The molecule has 0 saturated heterocycles. The summed E-state index contributed by atoms with van der Waals surface area (Å²) in [5.41, 5.74) is 0.348. The molecule has 0 radical (unpaired) electrons. The summed E-state index contributed by atoms with van der Waals surface area (Å²) in [5.74, 6) is 1.91. The Morgan fingerprint density at radius 2 is 2.21 bits per heavy atom. The molecule has 3 heteroatoms. The van der Waals surface area contributed by atoms with Crippen LogP contribution in [0, 0.1) is 11.3 Å². The molecule has 2 nitrogen and oxygen atoms in total. The minimum Gasteiger partial charge on any atom is -0.364 e. The van der Waals surface area contributed by atoms with Crippen LogP contribution in [0.4, 0.5) is 0 Å². The van der Waals surface area contributed by atoms with Crippen LogP contribution in [0.2, 0.25) is 0 Å². The Kier molecular flexibility index (Phi) is 4.30. The van der Waals surface area contributed by atoms with E-state index in [4.69, 9.17) is 0 Å². The van der Waals surface area contributed by atoms with Crippen molar-refractivity contribution in [1.29, 1.82) is 0 Å². The highest BCUT2D eigenvalue weighted by atomic mass is 32.2. The fourth-order valence-electron chi connectivity index (χ4n) is 1.07. The van der Waals surface area contributed by atoms with Gasteiger partial charge in [-0.25, -0.2) is 0 Å². The average Bonchev–Trinajstić information content (AvgIpc) is 2.16. The number of hydrogen-bond donors (Lipinski definition) is 1. The fraction of sp³-hybridized carbons (Fsp3) is 0.909. The molecule has 0 spiro atoms. The molecule has 0 aromatic carbocycles. The van der Waals surface area contributed by atoms with Crippen molar-refractivity contribution >= 4 is 16.9 Å². The highest BCUT2D eigenvalue weighted by molar-refractivity contribution is 8.13. The molecule has 0 amide bonds. The van der Waals surface area contributed by atoms with E-state index in [1.165, 1.54) is 12.2 Å². The Morgan fingerprint density at radius 1 is 1.50 bits per heavy atom. The van der Waals surface area contributed by atoms with Crippen LogP contribution in [-0.4, -0.2) is 24.0 Å². The van der Waals surface area contributed by atoms with Gasteiger partial charge in [-0.05, 0) is 17.8 Å². The Bertz CT molecular complexity index is 209. The van der Waals surface area contributed by atoms with Crippen molar-refractivity contribution in [3.8, 4) is 0 Å². The lowest BCUT2D eigenvalue weighted by Gasteiger charge is -2.30. The lowest BCUT2D eigenvalue weighted by Crippen LogP contribution is -2.36. The monoisotopic (exact) mass is 214 g/mol. The van der Waals surface area contributed by atoms with Crippen LogP contribution in [0.5, 0.6) is 0 Å². The van der Waals surface area contributed by atoms with Gasteiger partial charge in [0.05, 0.1) is 0 Å². The number of amidine groups is 1. The Balaban J connectivity index is 2.35. The van der Waals surface area contributed by atoms with Gasteiger partial charge < -0.3 is 5.32 Å². The minimum absolute atomic E-state index is 0.348. The smallest absolute Gasteiger partial charge is 0.156 e. The van der Waals surface area contributed by atoms with E-state index in [1.807, 2.05) is 11.8 Å². The molecule has 14 heavy (non-hydrogen) atoms. The molecular weight excluding hydrogens is 192 g/mol. The maximum absolute atomic E-state index is 4.46. The maximum Gasteiger partial charge on any atom is 0.156 e. The summed E-state index contributed by atoms with van der Waals surface area (Å²) in [6.45, 7) is 11.2. The van der Waals surface area contributed by atoms with E-state index >= 15 is 0 Å². The van der Waals surface area contributed by atoms with Crippen molar-refractivity contribution in [2.24, 2.45) is 16.3 Å². The lowest BCUT2D eigenvalue weighted by molar-refractivity contribution is 0.251. The van der Waals surface area contributed by atoms with Crippen molar-refractivity contribution in [1.82, 2.24) is 5.32 Å². The first-order chi connectivity index (χ1) is 6.52. The highest BCUT2D eigenvalue weighted by Crippen LogP contribution is 2.25. The summed E-state index contributed by atoms with van der Waals surface area (Å²) in [6.07, 6.45) is 1.23. The normalized spacial score (nSPS) is 18.2. The number of nitrogens with one attached hydrogen (secondary N) is 1. The van der Waals surface area contributed by atoms with Crippen LogP contribution in [0.15, 0.2) is 4.99 Å². The number of aliphatic imine (C=N–C) groups is 1.